The van der Waals surface area contributed by atoms with Crippen molar-refractivity contribution in [1.29, 1.82) is 0 Å². The zero-order valence-electron chi connectivity index (χ0n) is 15.9. The number of hydrogen-bond acceptors (Lipinski definition) is 3. The van der Waals surface area contributed by atoms with Crippen molar-refractivity contribution in [3.8, 4) is 0 Å². The molecule has 0 aliphatic carbocycles. The van der Waals surface area contributed by atoms with Crippen molar-refractivity contribution in [2.24, 2.45) is 4.99 Å². The molecular weight excluding hydrogens is 319 g/mol. The standard InChI is InChI=1S/C19H31FN4O/c1-5-21-18(23-14-19(2)9-6-10-25-19)22-12-15-7-8-17(20)16(11-15)13-24(3)4/h7-8,11H,5-6,9-10,12-14H2,1-4H3,(H2,21,22,23). The van der Waals surface area contributed by atoms with Gasteiger partial charge in [0.15, 0.2) is 5.96 Å². The zero-order valence-corrected chi connectivity index (χ0v) is 15.9. The molecule has 1 saturated heterocycles. The summed E-state index contributed by atoms with van der Waals surface area (Å²) in [6.07, 6.45) is 2.17. The van der Waals surface area contributed by atoms with Crippen molar-refractivity contribution < 1.29 is 9.13 Å². The van der Waals surface area contributed by atoms with Gasteiger partial charge in [-0.15, -0.1) is 0 Å². The van der Waals surface area contributed by atoms with E-state index >= 15 is 0 Å². The van der Waals surface area contributed by atoms with E-state index in [1.54, 1.807) is 6.07 Å². The second-order valence-corrected chi connectivity index (χ2v) is 7.11. The normalized spacial score (nSPS) is 21.0. The highest BCUT2D eigenvalue weighted by molar-refractivity contribution is 5.79. The van der Waals surface area contributed by atoms with Gasteiger partial charge in [0.1, 0.15) is 5.82 Å². The number of halogens is 1. The summed E-state index contributed by atoms with van der Waals surface area (Å²) in [4.78, 5) is 6.59. The SMILES string of the molecule is CCNC(=NCc1ccc(F)c(CN(C)C)c1)NCC1(C)CCCO1. The van der Waals surface area contributed by atoms with E-state index in [0.29, 0.717) is 18.7 Å². The zero-order chi connectivity index (χ0) is 18.3. The van der Waals surface area contributed by atoms with Crippen LogP contribution >= 0.6 is 0 Å². The van der Waals surface area contributed by atoms with Gasteiger partial charge in [0.2, 0.25) is 0 Å². The molecule has 1 aliphatic rings. The van der Waals surface area contributed by atoms with Gasteiger partial charge in [-0.2, -0.15) is 0 Å². The molecule has 2 N–H and O–H groups in total. The van der Waals surface area contributed by atoms with Crippen LogP contribution in [-0.2, 0) is 17.8 Å². The highest BCUT2D eigenvalue weighted by Crippen LogP contribution is 2.23. The van der Waals surface area contributed by atoms with Gasteiger partial charge in [-0.3, -0.25) is 0 Å². The van der Waals surface area contributed by atoms with Crippen molar-refractivity contribution in [3.63, 3.8) is 0 Å². The number of rotatable bonds is 7. The van der Waals surface area contributed by atoms with E-state index < -0.39 is 0 Å². The predicted molar refractivity (Wildman–Crippen MR) is 100 cm³/mol. The van der Waals surface area contributed by atoms with Crippen molar-refractivity contribution in [2.75, 3.05) is 33.8 Å². The minimum absolute atomic E-state index is 0.120. The first-order chi connectivity index (χ1) is 11.9. The number of benzene rings is 1. The van der Waals surface area contributed by atoms with Gasteiger partial charge in [0.25, 0.3) is 0 Å². The summed E-state index contributed by atoms with van der Waals surface area (Å²) in [5.41, 5.74) is 1.58. The van der Waals surface area contributed by atoms with Crippen LogP contribution in [0.25, 0.3) is 0 Å². The second kappa shape index (κ2) is 9.15. The Bertz CT molecular complexity index is 583. The van der Waals surface area contributed by atoms with E-state index in [0.717, 1.165) is 44.1 Å². The molecule has 1 aliphatic heterocycles. The van der Waals surface area contributed by atoms with Gasteiger partial charge in [-0.25, -0.2) is 9.38 Å². The first-order valence-electron chi connectivity index (χ1n) is 9.00. The third-order valence-electron chi connectivity index (χ3n) is 4.29. The molecule has 1 fully saturated rings. The molecule has 1 heterocycles. The van der Waals surface area contributed by atoms with Crippen molar-refractivity contribution in [1.82, 2.24) is 15.5 Å². The Morgan fingerprint density at radius 3 is 2.80 bits per heavy atom. The van der Waals surface area contributed by atoms with Gasteiger partial charge in [0.05, 0.1) is 12.1 Å². The van der Waals surface area contributed by atoms with E-state index in [4.69, 9.17) is 4.74 Å². The molecule has 0 bridgehead atoms. The lowest BCUT2D eigenvalue weighted by atomic mass is 10.0. The molecule has 0 radical (unpaired) electrons. The van der Waals surface area contributed by atoms with E-state index in [1.165, 1.54) is 6.07 Å². The fourth-order valence-corrected chi connectivity index (χ4v) is 2.95. The van der Waals surface area contributed by atoms with Crippen LogP contribution in [0.1, 0.15) is 37.8 Å². The molecule has 1 atom stereocenters. The average Bonchev–Trinajstić information content (AvgIpc) is 2.99. The van der Waals surface area contributed by atoms with Gasteiger partial charge in [-0.1, -0.05) is 6.07 Å². The molecule has 1 aromatic carbocycles. The van der Waals surface area contributed by atoms with Crippen LogP contribution in [0.2, 0.25) is 0 Å². The van der Waals surface area contributed by atoms with Crippen molar-refractivity contribution in [3.05, 3.63) is 35.1 Å². The molecule has 25 heavy (non-hydrogen) atoms. The van der Waals surface area contributed by atoms with Gasteiger partial charge >= 0.3 is 0 Å². The van der Waals surface area contributed by atoms with Crippen LogP contribution in [-0.4, -0.2) is 50.3 Å². The Kier molecular flexibility index (Phi) is 7.20. The van der Waals surface area contributed by atoms with Crippen LogP contribution in [0.4, 0.5) is 4.39 Å². The van der Waals surface area contributed by atoms with Gasteiger partial charge in [-0.05, 0) is 58.5 Å². The van der Waals surface area contributed by atoms with Crippen molar-refractivity contribution >= 4 is 5.96 Å². The average molecular weight is 350 g/mol. The third-order valence-corrected chi connectivity index (χ3v) is 4.29. The largest absolute Gasteiger partial charge is 0.373 e. The van der Waals surface area contributed by atoms with Crippen LogP contribution in [0.5, 0.6) is 0 Å². The number of hydrogen-bond donors (Lipinski definition) is 2. The van der Waals surface area contributed by atoms with E-state index in [2.05, 4.69) is 22.5 Å². The summed E-state index contributed by atoms with van der Waals surface area (Å²) in [5.74, 6) is 0.593. The summed E-state index contributed by atoms with van der Waals surface area (Å²) >= 11 is 0. The summed E-state index contributed by atoms with van der Waals surface area (Å²) in [5, 5.41) is 6.62. The summed E-state index contributed by atoms with van der Waals surface area (Å²) in [7, 11) is 3.87. The topological polar surface area (TPSA) is 48.9 Å². The Hall–Kier alpha value is -1.66. The molecule has 0 amide bonds. The summed E-state index contributed by atoms with van der Waals surface area (Å²) in [6, 6.07) is 5.21. The maximum absolute atomic E-state index is 13.9. The minimum atomic E-state index is -0.169. The molecule has 1 aromatic rings. The number of ether oxygens (including phenoxy) is 1. The minimum Gasteiger partial charge on any atom is -0.373 e. The Labute approximate surface area is 150 Å². The lowest BCUT2D eigenvalue weighted by molar-refractivity contribution is 0.0243. The number of aliphatic imine (C=N–C) groups is 1. The highest BCUT2D eigenvalue weighted by Gasteiger charge is 2.29. The van der Waals surface area contributed by atoms with Crippen LogP contribution in [0.3, 0.4) is 0 Å². The molecule has 2 rings (SSSR count). The maximum Gasteiger partial charge on any atom is 0.191 e. The summed E-state index contributed by atoms with van der Waals surface area (Å²) in [6.45, 7) is 7.61. The number of nitrogens with one attached hydrogen (secondary N) is 2. The highest BCUT2D eigenvalue weighted by atomic mass is 19.1. The Morgan fingerprint density at radius 1 is 1.36 bits per heavy atom. The number of guanidine groups is 1. The second-order valence-electron chi connectivity index (χ2n) is 7.11. The van der Waals surface area contributed by atoms with E-state index in [-0.39, 0.29) is 11.4 Å². The number of nitrogens with zero attached hydrogens (tertiary/aromatic N) is 2. The van der Waals surface area contributed by atoms with Gasteiger partial charge < -0.3 is 20.3 Å². The van der Waals surface area contributed by atoms with Crippen LogP contribution in [0.15, 0.2) is 23.2 Å². The smallest absolute Gasteiger partial charge is 0.191 e. The third kappa shape index (κ3) is 6.29. The monoisotopic (exact) mass is 350 g/mol. The van der Waals surface area contributed by atoms with E-state index in [9.17, 15) is 4.39 Å². The Balaban J connectivity index is 2.00. The van der Waals surface area contributed by atoms with Crippen LogP contribution < -0.4 is 10.6 Å². The fraction of sp³-hybridized carbons (Fsp3) is 0.632. The molecule has 0 spiro atoms. The maximum atomic E-state index is 13.9. The predicted octanol–water partition coefficient (Wildman–Crippen LogP) is 2.51. The van der Waals surface area contributed by atoms with Crippen molar-refractivity contribution in [2.45, 2.75) is 45.4 Å². The first-order valence-corrected chi connectivity index (χ1v) is 9.00. The molecule has 0 saturated carbocycles. The van der Waals surface area contributed by atoms with E-state index in [1.807, 2.05) is 32.0 Å². The first kappa shape index (κ1) is 19.7. The fourth-order valence-electron chi connectivity index (χ4n) is 2.95. The summed E-state index contributed by atoms with van der Waals surface area (Å²) < 4.78 is 19.7. The molecule has 1 unspecified atom stereocenters. The lowest BCUT2D eigenvalue weighted by Crippen LogP contribution is -2.45. The molecular formula is C19H31FN4O. The lowest BCUT2D eigenvalue weighted by Gasteiger charge is -2.24. The van der Waals surface area contributed by atoms with Crippen LogP contribution in [0, 0.1) is 5.82 Å². The Morgan fingerprint density at radius 2 is 2.16 bits per heavy atom. The molecule has 0 aromatic heterocycles. The van der Waals surface area contributed by atoms with Gasteiger partial charge in [0, 0.05) is 31.8 Å². The molecule has 5 nitrogen and oxygen atoms in total. The molecule has 6 heteroatoms. The quantitative estimate of drug-likeness (QED) is 0.586. The molecule has 140 valence electrons.